The molecule has 0 saturated carbocycles. The molecule has 0 fully saturated rings. The lowest BCUT2D eigenvalue weighted by Crippen LogP contribution is -2.22. The van der Waals surface area contributed by atoms with Crippen molar-refractivity contribution in [2.24, 2.45) is 0 Å². The second kappa shape index (κ2) is 7.20. The Kier molecular flexibility index (Phi) is 5.57. The van der Waals surface area contributed by atoms with Gasteiger partial charge in [0.05, 0.1) is 15.2 Å². The Bertz CT molecular complexity index is 569. The number of ether oxygens (including phenoxy) is 1. The number of halogens is 1. The molecule has 0 unspecified atom stereocenters. The van der Waals surface area contributed by atoms with E-state index in [1.165, 1.54) is 0 Å². The minimum atomic E-state index is 0.447. The first-order valence-corrected chi connectivity index (χ1v) is 8.28. The smallest absolute Gasteiger partial charge is 0.138 e. The van der Waals surface area contributed by atoms with E-state index in [0.29, 0.717) is 12.6 Å². The van der Waals surface area contributed by atoms with Crippen LogP contribution in [-0.4, -0.2) is 11.0 Å². The Balaban J connectivity index is 2.08. The number of thiazole rings is 1. The molecule has 0 atom stereocenters. The quantitative estimate of drug-likeness (QED) is 0.839. The predicted molar refractivity (Wildman–Crippen MR) is 87.3 cm³/mol. The summed E-state index contributed by atoms with van der Waals surface area (Å²) in [4.78, 5) is 4.42. The summed E-state index contributed by atoms with van der Waals surface area (Å²) in [7, 11) is 0. The number of nitrogens with zero attached hydrogens (tertiary/aromatic N) is 1. The summed E-state index contributed by atoms with van der Waals surface area (Å²) in [5, 5.41) is 6.52. The standard InChI is InChI=1S/C15H19BrN2OS/c1-10(2)17-7-12-5-4-6-14(16)15(12)19-8-13-9-20-11(3)18-13/h4-6,9-10,17H,7-8H2,1-3H3. The molecule has 2 rings (SSSR count). The summed E-state index contributed by atoms with van der Waals surface area (Å²) in [5.74, 6) is 0.895. The first-order valence-electron chi connectivity index (χ1n) is 6.61. The van der Waals surface area contributed by atoms with Crippen molar-refractivity contribution < 1.29 is 4.74 Å². The molecule has 5 heteroatoms. The molecule has 0 aliphatic carbocycles. The molecular weight excluding hydrogens is 336 g/mol. The third-order valence-corrected chi connectivity index (χ3v) is 4.23. The van der Waals surface area contributed by atoms with E-state index >= 15 is 0 Å². The molecule has 0 spiro atoms. The zero-order valence-corrected chi connectivity index (χ0v) is 14.3. The van der Waals surface area contributed by atoms with Crippen LogP contribution >= 0.6 is 27.3 Å². The fourth-order valence-corrected chi connectivity index (χ4v) is 2.91. The number of para-hydroxylation sites is 1. The molecule has 1 aromatic carbocycles. The molecular formula is C15H19BrN2OS. The monoisotopic (exact) mass is 354 g/mol. The van der Waals surface area contributed by atoms with Gasteiger partial charge in [-0.2, -0.15) is 0 Å². The van der Waals surface area contributed by atoms with Gasteiger partial charge in [0.15, 0.2) is 0 Å². The van der Waals surface area contributed by atoms with Gasteiger partial charge in [-0.05, 0) is 28.9 Å². The maximum Gasteiger partial charge on any atom is 0.138 e. The van der Waals surface area contributed by atoms with E-state index in [4.69, 9.17) is 4.74 Å². The van der Waals surface area contributed by atoms with E-state index < -0.39 is 0 Å². The van der Waals surface area contributed by atoms with Crippen LogP contribution in [0.1, 0.15) is 30.1 Å². The predicted octanol–water partition coefficient (Wildman–Crippen LogP) is 4.29. The Morgan fingerprint density at radius 1 is 1.40 bits per heavy atom. The number of aromatic nitrogens is 1. The second-order valence-corrected chi connectivity index (χ2v) is 6.83. The van der Waals surface area contributed by atoms with Gasteiger partial charge in [-0.1, -0.05) is 26.0 Å². The minimum Gasteiger partial charge on any atom is -0.486 e. The average Bonchev–Trinajstić information content (AvgIpc) is 2.81. The summed E-state index contributed by atoms with van der Waals surface area (Å²) in [5.41, 5.74) is 2.13. The van der Waals surface area contributed by atoms with Crippen LogP contribution < -0.4 is 10.1 Å². The van der Waals surface area contributed by atoms with E-state index in [-0.39, 0.29) is 0 Å². The van der Waals surface area contributed by atoms with E-state index in [0.717, 1.165) is 33.0 Å². The Hall–Kier alpha value is -0.910. The highest BCUT2D eigenvalue weighted by atomic mass is 79.9. The molecule has 0 bridgehead atoms. The van der Waals surface area contributed by atoms with Crippen molar-refractivity contribution in [2.75, 3.05) is 0 Å². The lowest BCUT2D eigenvalue weighted by molar-refractivity contribution is 0.295. The van der Waals surface area contributed by atoms with Crippen molar-refractivity contribution in [3.8, 4) is 5.75 Å². The Morgan fingerprint density at radius 3 is 2.85 bits per heavy atom. The molecule has 0 radical (unpaired) electrons. The zero-order chi connectivity index (χ0) is 14.5. The first-order chi connectivity index (χ1) is 9.56. The molecule has 0 aliphatic rings. The lowest BCUT2D eigenvalue weighted by atomic mass is 10.2. The van der Waals surface area contributed by atoms with Gasteiger partial charge in [-0.25, -0.2) is 4.98 Å². The number of aryl methyl sites for hydroxylation is 1. The van der Waals surface area contributed by atoms with Crippen molar-refractivity contribution in [1.82, 2.24) is 10.3 Å². The molecule has 0 aliphatic heterocycles. The van der Waals surface area contributed by atoms with Gasteiger partial charge in [0.2, 0.25) is 0 Å². The van der Waals surface area contributed by atoms with Crippen molar-refractivity contribution in [3.05, 3.63) is 44.3 Å². The Labute approximate surface area is 132 Å². The number of rotatable bonds is 6. The van der Waals surface area contributed by atoms with Gasteiger partial charge in [-0.15, -0.1) is 11.3 Å². The topological polar surface area (TPSA) is 34.1 Å². The minimum absolute atomic E-state index is 0.447. The molecule has 0 amide bonds. The molecule has 3 nitrogen and oxygen atoms in total. The summed E-state index contributed by atoms with van der Waals surface area (Å²) >= 11 is 5.21. The van der Waals surface area contributed by atoms with E-state index in [2.05, 4.69) is 46.1 Å². The van der Waals surface area contributed by atoms with E-state index in [9.17, 15) is 0 Å². The van der Waals surface area contributed by atoms with Crippen LogP contribution in [0.3, 0.4) is 0 Å². The third-order valence-electron chi connectivity index (χ3n) is 2.78. The number of hydrogen-bond acceptors (Lipinski definition) is 4. The largest absolute Gasteiger partial charge is 0.486 e. The van der Waals surface area contributed by atoms with Gasteiger partial charge < -0.3 is 10.1 Å². The first kappa shape index (κ1) is 15.5. The van der Waals surface area contributed by atoms with Crippen LogP contribution in [0.5, 0.6) is 5.75 Å². The van der Waals surface area contributed by atoms with Crippen molar-refractivity contribution in [2.45, 2.75) is 40.0 Å². The normalized spacial score (nSPS) is 11.1. The maximum atomic E-state index is 5.96. The molecule has 0 saturated heterocycles. The van der Waals surface area contributed by atoms with Gasteiger partial charge in [0.1, 0.15) is 12.4 Å². The van der Waals surface area contributed by atoms with Gasteiger partial charge in [0.25, 0.3) is 0 Å². The van der Waals surface area contributed by atoms with Crippen LogP contribution in [0.15, 0.2) is 28.1 Å². The number of nitrogens with one attached hydrogen (secondary N) is 1. The van der Waals surface area contributed by atoms with Crippen molar-refractivity contribution in [3.63, 3.8) is 0 Å². The summed E-state index contributed by atoms with van der Waals surface area (Å²) in [6.07, 6.45) is 0. The fourth-order valence-electron chi connectivity index (χ4n) is 1.79. The Morgan fingerprint density at radius 2 is 2.20 bits per heavy atom. The molecule has 108 valence electrons. The van der Waals surface area contributed by atoms with Crippen molar-refractivity contribution >= 4 is 27.3 Å². The van der Waals surface area contributed by atoms with Crippen LogP contribution in [-0.2, 0) is 13.2 Å². The highest BCUT2D eigenvalue weighted by Crippen LogP contribution is 2.30. The van der Waals surface area contributed by atoms with Crippen LogP contribution in [0.2, 0.25) is 0 Å². The third kappa shape index (κ3) is 4.30. The van der Waals surface area contributed by atoms with Gasteiger partial charge >= 0.3 is 0 Å². The molecule has 1 aromatic heterocycles. The number of hydrogen-bond donors (Lipinski definition) is 1. The molecule has 1 N–H and O–H groups in total. The zero-order valence-electron chi connectivity index (χ0n) is 11.9. The fraction of sp³-hybridized carbons (Fsp3) is 0.400. The highest BCUT2D eigenvalue weighted by Gasteiger charge is 2.09. The van der Waals surface area contributed by atoms with Gasteiger partial charge in [0, 0.05) is 23.5 Å². The average molecular weight is 355 g/mol. The van der Waals surface area contributed by atoms with Crippen LogP contribution in [0, 0.1) is 6.92 Å². The maximum absolute atomic E-state index is 5.96. The van der Waals surface area contributed by atoms with Crippen LogP contribution in [0.4, 0.5) is 0 Å². The summed E-state index contributed by atoms with van der Waals surface area (Å²) < 4.78 is 6.94. The highest BCUT2D eigenvalue weighted by molar-refractivity contribution is 9.10. The molecule has 20 heavy (non-hydrogen) atoms. The van der Waals surface area contributed by atoms with Crippen molar-refractivity contribution in [1.29, 1.82) is 0 Å². The van der Waals surface area contributed by atoms with E-state index in [1.807, 2.05) is 24.4 Å². The number of benzene rings is 1. The van der Waals surface area contributed by atoms with Gasteiger partial charge in [-0.3, -0.25) is 0 Å². The van der Waals surface area contributed by atoms with E-state index in [1.54, 1.807) is 11.3 Å². The molecule has 1 heterocycles. The lowest BCUT2D eigenvalue weighted by Gasteiger charge is -2.14. The SMILES string of the molecule is Cc1nc(COc2c(Br)cccc2CNC(C)C)cs1. The molecule has 2 aromatic rings. The van der Waals surface area contributed by atoms with Crippen LogP contribution in [0.25, 0.3) is 0 Å². The summed E-state index contributed by atoms with van der Waals surface area (Å²) in [6, 6.07) is 6.56. The second-order valence-electron chi connectivity index (χ2n) is 4.91. The summed E-state index contributed by atoms with van der Waals surface area (Å²) in [6.45, 7) is 7.57.